The molecule has 1 aromatic rings. The molecule has 5 heteroatoms. The Balaban J connectivity index is 2.70. The summed E-state index contributed by atoms with van der Waals surface area (Å²) < 4.78 is 12.1. The van der Waals surface area contributed by atoms with Gasteiger partial charge in [-0.05, 0) is 13.0 Å². The number of alkyl halides is 1. The van der Waals surface area contributed by atoms with Crippen LogP contribution in [0.3, 0.4) is 0 Å². The Kier molecular flexibility index (Phi) is 3.73. The van der Waals surface area contributed by atoms with Crippen molar-refractivity contribution in [1.29, 1.82) is 0 Å². The van der Waals surface area contributed by atoms with E-state index >= 15 is 0 Å². The topological polar surface area (TPSA) is 31.4 Å². The molecule has 1 aliphatic carbocycles. The molecule has 1 unspecified atom stereocenters. The van der Waals surface area contributed by atoms with Crippen molar-refractivity contribution in [2.24, 2.45) is 0 Å². The first-order valence-corrected chi connectivity index (χ1v) is 6.86. The SMILES string of the molecule is COC1(OC)c2nc(C)ccc2C(Br)=CC1Br. The van der Waals surface area contributed by atoms with E-state index in [2.05, 4.69) is 36.8 Å². The van der Waals surface area contributed by atoms with Gasteiger partial charge in [-0.1, -0.05) is 44.0 Å². The highest BCUT2D eigenvalue weighted by molar-refractivity contribution is 9.15. The van der Waals surface area contributed by atoms with E-state index in [1.165, 1.54) is 0 Å². The molecule has 0 saturated carbocycles. The Morgan fingerprint density at radius 3 is 2.53 bits per heavy atom. The van der Waals surface area contributed by atoms with Crippen LogP contribution in [0, 0.1) is 6.92 Å². The first-order valence-electron chi connectivity index (χ1n) is 5.15. The number of pyridine rings is 1. The summed E-state index contributed by atoms with van der Waals surface area (Å²) in [4.78, 5) is 4.46. The minimum Gasteiger partial charge on any atom is -0.347 e. The third-order valence-corrected chi connectivity index (χ3v) is 4.44. The van der Waals surface area contributed by atoms with Crippen LogP contribution in [0.2, 0.25) is 0 Å². The Hall–Kier alpha value is -0.230. The zero-order valence-electron chi connectivity index (χ0n) is 9.83. The number of methoxy groups -OCH3 is 2. The van der Waals surface area contributed by atoms with Gasteiger partial charge in [-0.3, -0.25) is 4.98 Å². The Labute approximate surface area is 117 Å². The summed E-state index contributed by atoms with van der Waals surface area (Å²) in [7, 11) is 3.25. The van der Waals surface area contributed by atoms with Crippen molar-refractivity contribution in [2.75, 3.05) is 14.2 Å². The molecule has 1 heterocycles. The molecule has 0 aromatic carbocycles. The number of halogens is 2. The van der Waals surface area contributed by atoms with Gasteiger partial charge in [-0.15, -0.1) is 0 Å². The molecule has 0 amide bonds. The third kappa shape index (κ3) is 1.99. The Morgan fingerprint density at radius 1 is 1.29 bits per heavy atom. The molecule has 0 spiro atoms. The fourth-order valence-electron chi connectivity index (χ4n) is 1.98. The van der Waals surface area contributed by atoms with E-state index in [-0.39, 0.29) is 4.83 Å². The van der Waals surface area contributed by atoms with Crippen LogP contribution in [-0.4, -0.2) is 24.0 Å². The van der Waals surface area contributed by atoms with Crippen LogP contribution in [0.4, 0.5) is 0 Å². The zero-order chi connectivity index (χ0) is 12.6. The number of nitrogens with zero attached hydrogens (tertiary/aromatic N) is 1. The fourth-order valence-corrected chi connectivity index (χ4v) is 3.77. The molecule has 0 N–H and O–H groups in total. The molecule has 2 rings (SSSR count). The normalized spacial score (nSPS) is 21.9. The monoisotopic (exact) mass is 361 g/mol. The van der Waals surface area contributed by atoms with Crippen LogP contribution in [-0.2, 0) is 15.3 Å². The zero-order valence-corrected chi connectivity index (χ0v) is 13.0. The van der Waals surface area contributed by atoms with Crippen molar-refractivity contribution < 1.29 is 9.47 Å². The van der Waals surface area contributed by atoms with Gasteiger partial charge in [0.2, 0.25) is 5.79 Å². The molecule has 17 heavy (non-hydrogen) atoms. The Bertz CT molecular complexity index is 470. The van der Waals surface area contributed by atoms with Crippen LogP contribution in [0.5, 0.6) is 0 Å². The molecule has 0 fully saturated rings. The van der Waals surface area contributed by atoms with Gasteiger partial charge in [0, 0.05) is 30.0 Å². The first kappa shape index (κ1) is 13.2. The number of rotatable bonds is 2. The average molecular weight is 363 g/mol. The van der Waals surface area contributed by atoms with E-state index in [9.17, 15) is 0 Å². The molecule has 1 atom stereocenters. The summed E-state index contributed by atoms with van der Waals surface area (Å²) in [5.41, 5.74) is 2.72. The van der Waals surface area contributed by atoms with Crippen molar-refractivity contribution in [3.8, 4) is 0 Å². The molecular weight excluding hydrogens is 350 g/mol. The predicted molar refractivity (Wildman–Crippen MR) is 74.3 cm³/mol. The van der Waals surface area contributed by atoms with E-state index in [1.807, 2.05) is 25.1 Å². The standard InChI is InChI=1S/C12H13Br2NO2/c1-7-4-5-8-9(13)6-10(14)12(16-2,17-3)11(8)15-7/h4-6,10H,1-3H3. The average Bonchev–Trinajstić information content (AvgIpc) is 2.30. The summed E-state index contributed by atoms with van der Waals surface area (Å²) in [6, 6.07) is 3.99. The second-order valence-electron chi connectivity index (χ2n) is 3.84. The van der Waals surface area contributed by atoms with Gasteiger partial charge in [-0.2, -0.15) is 0 Å². The van der Waals surface area contributed by atoms with Crippen molar-refractivity contribution in [2.45, 2.75) is 17.5 Å². The summed E-state index contributed by atoms with van der Waals surface area (Å²) in [6.45, 7) is 1.95. The second-order valence-corrected chi connectivity index (χ2v) is 5.68. The minimum absolute atomic E-state index is 0.0961. The van der Waals surface area contributed by atoms with Gasteiger partial charge >= 0.3 is 0 Å². The molecule has 3 nitrogen and oxygen atoms in total. The smallest absolute Gasteiger partial charge is 0.229 e. The van der Waals surface area contributed by atoms with Gasteiger partial charge in [0.25, 0.3) is 0 Å². The molecule has 1 aliphatic rings. The van der Waals surface area contributed by atoms with E-state index in [4.69, 9.17) is 9.47 Å². The third-order valence-electron chi connectivity index (χ3n) is 2.88. The van der Waals surface area contributed by atoms with Gasteiger partial charge in [0.1, 0.15) is 5.69 Å². The molecule has 0 bridgehead atoms. The van der Waals surface area contributed by atoms with Crippen LogP contribution < -0.4 is 0 Å². The highest BCUT2D eigenvalue weighted by Gasteiger charge is 2.45. The summed E-state index contributed by atoms with van der Waals surface area (Å²) >= 11 is 7.11. The quantitative estimate of drug-likeness (QED) is 0.597. The predicted octanol–water partition coefficient (Wildman–Crippen LogP) is 3.35. The van der Waals surface area contributed by atoms with Crippen LogP contribution >= 0.6 is 31.9 Å². The number of hydrogen-bond donors (Lipinski definition) is 0. The maximum atomic E-state index is 5.57. The first-order chi connectivity index (χ1) is 8.05. The fraction of sp³-hybridized carbons (Fsp3) is 0.417. The molecule has 0 radical (unpaired) electrons. The number of aromatic nitrogens is 1. The number of hydrogen-bond acceptors (Lipinski definition) is 3. The van der Waals surface area contributed by atoms with Gasteiger partial charge in [-0.25, -0.2) is 0 Å². The molecule has 92 valence electrons. The lowest BCUT2D eigenvalue weighted by atomic mass is 9.96. The van der Waals surface area contributed by atoms with Gasteiger partial charge in [0.05, 0.1) is 4.83 Å². The van der Waals surface area contributed by atoms with E-state index in [0.717, 1.165) is 21.4 Å². The lowest BCUT2D eigenvalue weighted by Gasteiger charge is -2.37. The van der Waals surface area contributed by atoms with Crippen molar-refractivity contribution in [1.82, 2.24) is 4.98 Å². The molecular formula is C12H13Br2NO2. The summed E-state index contributed by atoms with van der Waals surface area (Å²) in [6.07, 6.45) is 2.01. The number of aryl methyl sites for hydroxylation is 1. The van der Waals surface area contributed by atoms with E-state index in [0.29, 0.717) is 0 Å². The highest BCUT2D eigenvalue weighted by Crippen LogP contribution is 2.44. The molecule has 0 aliphatic heterocycles. The van der Waals surface area contributed by atoms with Crippen LogP contribution in [0.25, 0.3) is 4.48 Å². The molecule has 0 saturated heterocycles. The summed E-state index contributed by atoms with van der Waals surface area (Å²) in [5, 5.41) is 0. The van der Waals surface area contributed by atoms with Crippen LogP contribution in [0.15, 0.2) is 18.2 Å². The maximum absolute atomic E-state index is 5.57. The van der Waals surface area contributed by atoms with Crippen LogP contribution in [0.1, 0.15) is 17.0 Å². The maximum Gasteiger partial charge on any atom is 0.229 e. The Morgan fingerprint density at radius 2 is 1.94 bits per heavy atom. The van der Waals surface area contributed by atoms with Crippen molar-refractivity contribution in [3.63, 3.8) is 0 Å². The summed E-state index contributed by atoms with van der Waals surface area (Å²) in [5.74, 6) is -0.876. The van der Waals surface area contributed by atoms with Gasteiger partial charge < -0.3 is 9.47 Å². The minimum atomic E-state index is -0.876. The molecule has 1 aromatic heterocycles. The van der Waals surface area contributed by atoms with E-state index < -0.39 is 5.79 Å². The largest absolute Gasteiger partial charge is 0.347 e. The van der Waals surface area contributed by atoms with Gasteiger partial charge in [0.15, 0.2) is 0 Å². The van der Waals surface area contributed by atoms with E-state index in [1.54, 1.807) is 14.2 Å². The number of fused-ring (bicyclic) bond motifs is 1. The number of ether oxygens (including phenoxy) is 2. The van der Waals surface area contributed by atoms with Crippen molar-refractivity contribution >= 4 is 36.3 Å². The lowest BCUT2D eigenvalue weighted by molar-refractivity contribution is -0.211. The van der Waals surface area contributed by atoms with Crippen molar-refractivity contribution in [3.05, 3.63) is 35.2 Å². The second kappa shape index (κ2) is 4.80. The lowest BCUT2D eigenvalue weighted by Crippen LogP contribution is -2.42. The highest BCUT2D eigenvalue weighted by atomic mass is 79.9.